The number of amides is 8. The first-order valence-corrected chi connectivity index (χ1v) is 25.2. The normalized spacial score (nSPS) is 17.3. The van der Waals surface area contributed by atoms with Gasteiger partial charge in [0.2, 0.25) is 35.4 Å². The summed E-state index contributed by atoms with van der Waals surface area (Å²) in [5.41, 5.74) is 2.18. The van der Waals surface area contributed by atoms with Crippen LogP contribution in [-0.4, -0.2) is 125 Å². The van der Waals surface area contributed by atoms with Crippen LogP contribution in [0.2, 0.25) is 0 Å². The number of carbonyl (C=O) groups excluding carboxylic acids is 9. The molecular weight excluding hydrogens is 988 g/mol. The predicted octanol–water partition coefficient (Wildman–Crippen LogP) is -0.102. The van der Waals surface area contributed by atoms with Gasteiger partial charge in [0, 0.05) is 67.2 Å². The molecule has 0 unspecified atom stereocenters. The maximum absolute atomic E-state index is 15.4. The van der Waals surface area contributed by atoms with Gasteiger partial charge in [-0.2, -0.15) is 0 Å². The number of nitrogens with zero attached hydrogens (tertiary/aromatic N) is 3. The van der Waals surface area contributed by atoms with Gasteiger partial charge < -0.3 is 51.6 Å². The minimum absolute atomic E-state index is 0.0368. The number of cyclic esters (lactones) is 1. The molecular formula is C53H59FN10O12. The number of imide groups is 1. The van der Waals surface area contributed by atoms with Gasteiger partial charge in [-0.15, -0.1) is 0 Å². The van der Waals surface area contributed by atoms with E-state index >= 15 is 4.39 Å². The summed E-state index contributed by atoms with van der Waals surface area (Å²) >= 11 is 0. The summed E-state index contributed by atoms with van der Waals surface area (Å²) in [7, 11) is 0. The van der Waals surface area contributed by atoms with Gasteiger partial charge in [-0.1, -0.05) is 43.7 Å². The van der Waals surface area contributed by atoms with Crippen molar-refractivity contribution >= 4 is 64.1 Å². The average Bonchev–Trinajstić information content (AvgIpc) is 3.95. The molecule has 1 aliphatic carbocycles. The summed E-state index contributed by atoms with van der Waals surface area (Å²) < 4.78 is 22.1. The molecule has 0 saturated carbocycles. The lowest BCUT2D eigenvalue weighted by Crippen LogP contribution is -2.52. The van der Waals surface area contributed by atoms with Crippen molar-refractivity contribution < 1.29 is 57.4 Å². The number of carbonyl (C=O) groups is 9. The minimum atomic E-state index is -2.04. The van der Waals surface area contributed by atoms with Crippen molar-refractivity contribution in [2.45, 2.75) is 96.1 Å². The Balaban J connectivity index is 0.787. The molecule has 0 saturated heterocycles. The fraction of sp³-hybridized carbons (Fsp3) is 0.415. The number of fused-ring (bicyclic) bond motifs is 5. The number of pyridine rings is 2. The highest BCUT2D eigenvalue weighted by Crippen LogP contribution is 2.46. The summed E-state index contributed by atoms with van der Waals surface area (Å²) in [6, 6.07) is 10.1. The van der Waals surface area contributed by atoms with E-state index in [1.165, 1.54) is 22.8 Å². The number of hydrogen-bond acceptors (Lipinski definition) is 14. The average molecular weight is 1050 g/mol. The number of aryl methyl sites for hydroxylation is 1. The number of benzene rings is 2. The number of esters is 1. The molecule has 0 radical (unpaired) electrons. The molecule has 4 aromatic rings. The minimum Gasteiger partial charge on any atom is -0.458 e. The quantitative estimate of drug-likeness (QED) is 0.0241. The van der Waals surface area contributed by atoms with Crippen molar-refractivity contribution in [2.24, 2.45) is 0 Å². The van der Waals surface area contributed by atoms with Crippen LogP contribution in [0, 0.1) is 12.7 Å². The van der Waals surface area contributed by atoms with Crippen molar-refractivity contribution in [3.05, 3.63) is 110 Å². The maximum atomic E-state index is 15.4. The van der Waals surface area contributed by atoms with Crippen LogP contribution in [0.4, 0.5) is 4.39 Å². The third kappa shape index (κ3) is 11.8. The molecule has 22 nitrogen and oxygen atoms in total. The summed E-state index contributed by atoms with van der Waals surface area (Å²) in [5.74, 6) is -5.35. The SMILES string of the molecule is CC[C@@]1(O)C(=O)OCc2c1cc1n(c2=O)Cc2c-1nc1cc(F)c(C)c3c1c2[C@@H](NC(=O)CNCCNC(=O)CNC(=O)[C@H](Cc1ccccc1)NC(=O)CNC(=O)CNC(=O)CCCCCN1C(=O)C=CC1=O)CC3. The first-order chi connectivity index (χ1) is 36.5. The van der Waals surface area contributed by atoms with E-state index < -0.39 is 84.2 Å². The Bertz CT molecular complexity index is 3110. The Labute approximate surface area is 435 Å². The van der Waals surface area contributed by atoms with Crippen LogP contribution in [-0.2, 0) is 79.5 Å². The first-order valence-electron chi connectivity index (χ1n) is 25.2. The van der Waals surface area contributed by atoms with Gasteiger partial charge in [-0.3, -0.25) is 48.1 Å². The molecule has 0 spiro atoms. The van der Waals surface area contributed by atoms with E-state index in [1.807, 2.05) is 0 Å². The van der Waals surface area contributed by atoms with E-state index in [0.29, 0.717) is 76.6 Å². The fourth-order valence-electron chi connectivity index (χ4n) is 9.99. The lowest BCUT2D eigenvalue weighted by molar-refractivity contribution is -0.172. The second-order valence-corrected chi connectivity index (χ2v) is 19.1. The van der Waals surface area contributed by atoms with Gasteiger partial charge in [0.05, 0.1) is 61.2 Å². The lowest BCUT2D eigenvalue weighted by atomic mass is 9.81. The molecule has 8 rings (SSSR count). The van der Waals surface area contributed by atoms with Crippen LogP contribution in [0.25, 0.3) is 22.3 Å². The van der Waals surface area contributed by atoms with E-state index in [1.54, 1.807) is 50.2 Å². The van der Waals surface area contributed by atoms with Crippen molar-refractivity contribution in [3.8, 4) is 11.4 Å². The molecule has 76 heavy (non-hydrogen) atoms. The summed E-state index contributed by atoms with van der Waals surface area (Å²) in [6.45, 7) is 2.11. The highest BCUT2D eigenvalue weighted by atomic mass is 19.1. The molecule has 5 heterocycles. The highest BCUT2D eigenvalue weighted by Gasteiger charge is 2.46. The second kappa shape index (κ2) is 23.6. The number of halogens is 1. The first kappa shape index (κ1) is 54.1. The Morgan fingerprint density at radius 3 is 2.29 bits per heavy atom. The molecule has 0 bridgehead atoms. The number of ether oxygens (including phenoxy) is 1. The standard InChI is InChI=1S/C53H59FN10O12/c1-3-53(75)34-21-39-49-32(27-64(39)51(73)33(34)28-76-52(53)74)48-36(14-13-31-29(2)35(54)22-37(62-49)47(31)48)60-43(68)23-55-17-18-56-41(66)25-59-50(72)38(20-30-10-6-4-7-11-30)61-44(69)26-58-42(67)24-57-40(65)12-8-5-9-19-63-45(70)15-16-46(63)71/h4,6-7,10-11,15-16,21-22,36,38,55,75H,3,5,8-9,12-14,17-20,23-28H2,1-2H3,(H,56,66)(H,57,65)(H,58,67)(H,59,72)(H,60,68)(H,61,69)/t36-,38-,53-/m0/s1. The molecule has 400 valence electrons. The van der Waals surface area contributed by atoms with Gasteiger partial charge >= 0.3 is 5.97 Å². The van der Waals surface area contributed by atoms with Crippen molar-refractivity contribution in [1.82, 2.24) is 51.7 Å². The zero-order valence-electron chi connectivity index (χ0n) is 42.0. The van der Waals surface area contributed by atoms with Crippen LogP contribution >= 0.6 is 0 Å². The van der Waals surface area contributed by atoms with E-state index in [-0.39, 0.29) is 87.4 Å². The Kier molecular flexibility index (Phi) is 16.8. The molecule has 3 atom stereocenters. The van der Waals surface area contributed by atoms with Gasteiger partial charge in [-0.05, 0) is 67.3 Å². The second-order valence-electron chi connectivity index (χ2n) is 19.1. The smallest absolute Gasteiger partial charge is 0.343 e. The number of aromatic nitrogens is 2. The van der Waals surface area contributed by atoms with Crippen LogP contribution < -0.4 is 42.8 Å². The number of aliphatic hydroxyl groups is 1. The Hall–Kier alpha value is -8.18. The monoisotopic (exact) mass is 1050 g/mol. The summed E-state index contributed by atoms with van der Waals surface area (Å²) in [5, 5.41) is 30.8. The van der Waals surface area contributed by atoms with E-state index in [0.717, 1.165) is 10.5 Å². The number of rotatable bonds is 23. The number of nitrogens with one attached hydrogen (secondary N) is 7. The lowest BCUT2D eigenvalue weighted by Gasteiger charge is -2.31. The topological polar surface area (TPSA) is 305 Å². The number of unbranched alkanes of at least 4 members (excludes halogenated alkanes) is 2. The summed E-state index contributed by atoms with van der Waals surface area (Å²) in [6.07, 6.45) is 4.99. The summed E-state index contributed by atoms with van der Waals surface area (Å²) in [4.78, 5) is 133. The van der Waals surface area contributed by atoms with Crippen LogP contribution in [0.1, 0.15) is 90.4 Å². The zero-order valence-corrected chi connectivity index (χ0v) is 42.0. The van der Waals surface area contributed by atoms with Crippen LogP contribution in [0.5, 0.6) is 0 Å². The third-order valence-corrected chi connectivity index (χ3v) is 14.1. The molecule has 8 amide bonds. The Morgan fingerprint density at radius 1 is 0.829 bits per heavy atom. The zero-order chi connectivity index (χ0) is 54.3. The van der Waals surface area contributed by atoms with Crippen molar-refractivity contribution in [3.63, 3.8) is 0 Å². The van der Waals surface area contributed by atoms with E-state index in [4.69, 9.17) is 9.72 Å². The molecule has 3 aliphatic heterocycles. The molecule has 4 aliphatic rings. The molecule has 2 aromatic heterocycles. The molecule has 23 heteroatoms. The van der Waals surface area contributed by atoms with Gasteiger partial charge in [0.1, 0.15) is 18.5 Å². The van der Waals surface area contributed by atoms with Gasteiger partial charge in [-0.25, -0.2) is 14.2 Å². The number of hydrogen-bond donors (Lipinski definition) is 8. The van der Waals surface area contributed by atoms with Gasteiger partial charge in [0.15, 0.2) is 5.60 Å². The van der Waals surface area contributed by atoms with Crippen molar-refractivity contribution in [2.75, 3.05) is 45.8 Å². The maximum Gasteiger partial charge on any atom is 0.343 e. The molecule has 8 N–H and O–H groups in total. The van der Waals surface area contributed by atoms with Crippen LogP contribution in [0.3, 0.4) is 0 Å². The van der Waals surface area contributed by atoms with E-state index in [9.17, 15) is 53.1 Å². The van der Waals surface area contributed by atoms with Crippen LogP contribution in [0.15, 0.2) is 59.4 Å². The Morgan fingerprint density at radius 2 is 1.54 bits per heavy atom. The van der Waals surface area contributed by atoms with Gasteiger partial charge in [0.25, 0.3) is 17.4 Å². The van der Waals surface area contributed by atoms with Crippen molar-refractivity contribution in [1.29, 1.82) is 0 Å². The largest absolute Gasteiger partial charge is 0.458 e. The van der Waals surface area contributed by atoms with E-state index in [2.05, 4.69) is 37.2 Å². The molecule has 0 fully saturated rings. The highest BCUT2D eigenvalue weighted by molar-refractivity contribution is 6.12. The molecule has 2 aromatic carbocycles. The predicted molar refractivity (Wildman–Crippen MR) is 270 cm³/mol. The third-order valence-electron chi connectivity index (χ3n) is 14.1. The fourth-order valence-corrected chi connectivity index (χ4v) is 9.99.